The molecule has 0 fully saturated rings. The maximum absolute atomic E-state index is 11.1. The molecule has 20 heavy (non-hydrogen) atoms. The van der Waals surface area contributed by atoms with Gasteiger partial charge >= 0.3 is 0 Å². The summed E-state index contributed by atoms with van der Waals surface area (Å²) >= 11 is 0. The topological polar surface area (TPSA) is 68.0 Å². The summed E-state index contributed by atoms with van der Waals surface area (Å²) in [7, 11) is 0. The molecule has 1 unspecified atom stereocenters. The minimum Gasteiger partial charge on any atom is -0.377 e. The molecule has 4 heteroatoms. The van der Waals surface area contributed by atoms with E-state index in [1.54, 1.807) is 12.1 Å². The molecule has 1 aliphatic carbocycles. The second kappa shape index (κ2) is 5.33. The van der Waals surface area contributed by atoms with Gasteiger partial charge in [0.15, 0.2) is 0 Å². The Morgan fingerprint density at radius 3 is 2.80 bits per heavy atom. The maximum atomic E-state index is 11.1. The van der Waals surface area contributed by atoms with E-state index in [9.17, 15) is 4.79 Å². The van der Waals surface area contributed by atoms with E-state index in [1.807, 2.05) is 24.4 Å². The molecule has 0 bridgehead atoms. The van der Waals surface area contributed by atoms with Crippen LogP contribution in [0.25, 0.3) is 0 Å². The zero-order valence-electron chi connectivity index (χ0n) is 11.2. The van der Waals surface area contributed by atoms with Crippen molar-refractivity contribution < 1.29 is 4.79 Å². The Morgan fingerprint density at radius 2 is 2.05 bits per heavy atom. The van der Waals surface area contributed by atoms with Crippen LogP contribution in [0, 0.1) is 0 Å². The molecule has 0 saturated heterocycles. The number of nitrogens with two attached hydrogens (primary N) is 1. The highest BCUT2D eigenvalue weighted by molar-refractivity contribution is 5.93. The average molecular weight is 267 g/mol. The smallest absolute Gasteiger partial charge is 0.248 e. The molecule has 0 aliphatic heterocycles. The SMILES string of the molecule is NC(=O)c1ccc(NC2CCCc3cccnc32)cc1. The quantitative estimate of drug-likeness (QED) is 0.898. The van der Waals surface area contributed by atoms with Crippen LogP contribution in [-0.4, -0.2) is 10.9 Å². The highest BCUT2D eigenvalue weighted by atomic mass is 16.1. The number of fused-ring (bicyclic) bond motifs is 1. The van der Waals surface area contributed by atoms with Gasteiger partial charge in [0, 0.05) is 17.4 Å². The molecule has 1 amide bonds. The van der Waals surface area contributed by atoms with Gasteiger partial charge in [-0.3, -0.25) is 9.78 Å². The van der Waals surface area contributed by atoms with Crippen LogP contribution in [0.2, 0.25) is 0 Å². The first-order valence-corrected chi connectivity index (χ1v) is 6.84. The summed E-state index contributed by atoms with van der Waals surface area (Å²) < 4.78 is 0. The van der Waals surface area contributed by atoms with Crippen molar-refractivity contribution in [3.63, 3.8) is 0 Å². The zero-order chi connectivity index (χ0) is 13.9. The van der Waals surface area contributed by atoms with E-state index in [4.69, 9.17) is 5.73 Å². The number of hydrogen-bond donors (Lipinski definition) is 2. The van der Waals surface area contributed by atoms with Gasteiger partial charge in [-0.25, -0.2) is 0 Å². The molecular weight excluding hydrogens is 250 g/mol. The van der Waals surface area contributed by atoms with Gasteiger partial charge in [0.2, 0.25) is 5.91 Å². The molecule has 1 heterocycles. The summed E-state index contributed by atoms with van der Waals surface area (Å²) in [4.78, 5) is 15.6. The molecule has 102 valence electrons. The Bertz CT molecular complexity index is 622. The van der Waals surface area contributed by atoms with Gasteiger partial charge in [-0.2, -0.15) is 0 Å². The largest absolute Gasteiger partial charge is 0.377 e. The van der Waals surface area contributed by atoms with Crippen LogP contribution >= 0.6 is 0 Å². The molecule has 4 nitrogen and oxygen atoms in total. The fourth-order valence-corrected chi connectivity index (χ4v) is 2.68. The van der Waals surface area contributed by atoms with E-state index in [0.29, 0.717) is 5.56 Å². The van der Waals surface area contributed by atoms with Gasteiger partial charge in [0.1, 0.15) is 0 Å². The molecule has 3 rings (SSSR count). The Kier molecular flexibility index (Phi) is 3.37. The predicted octanol–water partition coefficient (Wildman–Crippen LogP) is 2.67. The normalized spacial score (nSPS) is 17.3. The molecule has 0 radical (unpaired) electrons. The second-order valence-electron chi connectivity index (χ2n) is 5.08. The number of amides is 1. The van der Waals surface area contributed by atoms with Crippen molar-refractivity contribution in [1.29, 1.82) is 0 Å². The minimum atomic E-state index is -0.402. The monoisotopic (exact) mass is 267 g/mol. The fourth-order valence-electron chi connectivity index (χ4n) is 2.68. The number of rotatable bonds is 3. The first-order valence-electron chi connectivity index (χ1n) is 6.84. The van der Waals surface area contributed by atoms with E-state index in [2.05, 4.69) is 16.4 Å². The Hall–Kier alpha value is -2.36. The standard InChI is InChI=1S/C16H17N3O/c17-16(20)12-6-8-13(9-7-12)19-14-5-1-3-11-4-2-10-18-15(11)14/h2,4,6-10,14,19H,1,3,5H2,(H2,17,20). The maximum Gasteiger partial charge on any atom is 0.248 e. The van der Waals surface area contributed by atoms with Gasteiger partial charge in [-0.1, -0.05) is 6.07 Å². The summed E-state index contributed by atoms with van der Waals surface area (Å²) in [6.07, 6.45) is 5.17. The van der Waals surface area contributed by atoms with Gasteiger partial charge in [-0.05, 0) is 55.2 Å². The molecule has 1 aromatic carbocycles. The lowest BCUT2D eigenvalue weighted by Crippen LogP contribution is -2.19. The molecule has 1 aliphatic rings. The third-order valence-electron chi connectivity index (χ3n) is 3.71. The summed E-state index contributed by atoms with van der Waals surface area (Å²) in [6, 6.07) is 11.6. The predicted molar refractivity (Wildman–Crippen MR) is 78.5 cm³/mol. The molecule has 2 aromatic rings. The molecule has 0 spiro atoms. The van der Waals surface area contributed by atoms with Crippen LogP contribution in [0.3, 0.4) is 0 Å². The molecule has 1 atom stereocenters. The van der Waals surface area contributed by atoms with Crippen molar-refractivity contribution in [3.8, 4) is 0 Å². The Morgan fingerprint density at radius 1 is 1.25 bits per heavy atom. The van der Waals surface area contributed by atoms with Gasteiger partial charge in [0.25, 0.3) is 0 Å². The van der Waals surface area contributed by atoms with E-state index in [0.717, 1.165) is 30.6 Å². The molecule has 1 aromatic heterocycles. The van der Waals surface area contributed by atoms with E-state index in [1.165, 1.54) is 5.56 Å². The number of benzene rings is 1. The van der Waals surface area contributed by atoms with Crippen molar-refractivity contribution >= 4 is 11.6 Å². The van der Waals surface area contributed by atoms with Crippen LogP contribution in [0.1, 0.15) is 40.5 Å². The zero-order valence-corrected chi connectivity index (χ0v) is 11.2. The van der Waals surface area contributed by atoms with Crippen molar-refractivity contribution in [2.24, 2.45) is 5.73 Å². The van der Waals surface area contributed by atoms with Crippen molar-refractivity contribution in [2.45, 2.75) is 25.3 Å². The summed E-state index contributed by atoms with van der Waals surface area (Å²) in [5, 5.41) is 3.49. The Labute approximate surface area is 118 Å². The second-order valence-corrected chi connectivity index (χ2v) is 5.08. The number of aryl methyl sites for hydroxylation is 1. The average Bonchev–Trinajstić information content (AvgIpc) is 2.48. The number of carbonyl (C=O) groups is 1. The van der Waals surface area contributed by atoms with E-state index < -0.39 is 5.91 Å². The van der Waals surface area contributed by atoms with Crippen molar-refractivity contribution in [2.75, 3.05) is 5.32 Å². The number of aromatic nitrogens is 1. The number of nitrogens with one attached hydrogen (secondary N) is 1. The number of anilines is 1. The number of primary amides is 1. The van der Waals surface area contributed by atoms with Crippen LogP contribution in [0.5, 0.6) is 0 Å². The summed E-state index contributed by atoms with van der Waals surface area (Å²) in [5.74, 6) is -0.402. The molecular formula is C16H17N3O. The van der Waals surface area contributed by atoms with Crippen molar-refractivity contribution in [3.05, 3.63) is 59.4 Å². The number of carbonyl (C=O) groups excluding carboxylic acids is 1. The highest BCUT2D eigenvalue weighted by Crippen LogP contribution is 2.30. The Balaban J connectivity index is 1.80. The lowest BCUT2D eigenvalue weighted by Gasteiger charge is -2.26. The summed E-state index contributed by atoms with van der Waals surface area (Å²) in [6.45, 7) is 0. The van der Waals surface area contributed by atoms with Gasteiger partial charge in [-0.15, -0.1) is 0 Å². The van der Waals surface area contributed by atoms with Crippen LogP contribution < -0.4 is 11.1 Å². The molecule has 0 saturated carbocycles. The van der Waals surface area contributed by atoms with Gasteiger partial charge in [0.05, 0.1) is 11.7 Å². The highest BCUT2D eigenvalue weighted by Gasteiger charge is 2.20. The minimum absolute atomic E-state index is 0.236. The lowest BCUT2D eigenvalue weighted by atomic mass is 9.92. The van der Waals surface area contributed by atoms with Crippen LogP contribution in [0.15, 0.2) is 42.6 Å². The van der Waals surface area contributed by atoms with Gasteiger partial charge < -0.3 is 11.1 Å². The number of pyridine rings is 1. The number of hydrogen-bond acceptors (Lipinski definition) is 3. The van der Waals surface area contributed by atoms with E-state index in [-0.39, 0.29) is 6.04 Å². The van der Waals surface area contributed by atoms with Crippen LogP contribution in [0.4, 0.5) is 5.69 Å². The van der Waals surface area contributed by atoms with E-state index >= 15 is 0 Å². The lowest BCUT2D eigenvalue weighted by molar-refractivity contribution is 0.100. The van der Waals surface area contributed by atoms with Crippen LogP contribution in [-0.2, 0) is 6.42 Å². The van der Waals surface area contributed by atoms with Crippen molar-refractivity contribution in [1.82, 2.24) is 4.98 Å². The first-order chi connectivity index (χ1) is 9.74. The fraction of sp³-hybridized carbons (Fsp3) is 0.250. The third-order valence-corrected chi connectivity index (χ3v) is 3.71. The third kappa shape index (κ3) is 2.50. The summed E-state index contributed by atoms with van der Waals surface area (Å²) in [5.41, 5.74) is 9.21. The molecule has 3 N–H and O–H groups in total. The first kappa shape index (κ1) is 12.7. The number of nitrogens with zero attached hydrogens (tertiary/aromatic N) is 1.